The Labute approximate surface area is 104 Å². The van der Waals surface area contributed by atoms with Gasteiger partial charge in [-0.3, -0.25) is 4.72 Å². The largest absolute Gasteiger partial charge is 0.495 e. The number of carboxylic acids is 1. The third-order valence-electron chi connectivity index (χ3n) is 1.97. The number of sulfonamides is 1. The van der Waals surface area contributed by atoms with E-state index in [4.69, 9.17) is 15.1 Å². The molecule has 0 aliphatic carbocycles. The smallest absolute Gasteiger partial charge is 0.335 e. The van der Waals surface area contributed by atoms with Crippen molar-refractivity contribution in [1.29, 1.82) is 5.26 Å². The Bertz CT molecular complexity index is 603. The number of anilines is 1. The Morgan fingerprint density at radius 3 is 2.72 bits per heavy atom. The number of rotatable bonds is 5. The van der Waals surface area contributed by atoms with Crippen LogP contribution < -0.4 is 9.46 Å². The van der Waals surface area contributed by atoms with Crippen molar-refractivity contribution in [3.8, 4) is 11.8 Å². The maximum absolute atomic E-state index is 11.4. The quantitative estimate of drug-likeness (QED) is 0.811. The number of carboxylic acid groups (broad SMARTS) is 1. The first kappa shape index (κ1) is 13.8. The molecule has 1 aromatic rings. The van der Waals surface area contributed by atoms with E-state index < -0.39 is 21.7 Å². The summed E-state index contributed by atoms with van der Waals surface area (Å²) in [5.41, 5.74) is -0.113. The van der Waals surface area contributed by atoms with Gasteiger partial charge in [0.1, 0.15) is 5.75 Å². The SMILES string of the molecule is COc1ccc(C(=O)O)cc1NS(=O)(=O)CC#N. The lowest BCUT2D eigenvalue weighted by molar-refractivity contribution is 0.0697. The number of hydrogen-bond acceptors (Lipinski definition) is 5. The molecular formula is C10H10N2O5S. The van der Waals surface area contributed by atoms with Crippen molar-refractivity contribution in [3.05, 3.63) is 23.8 Å². The molecule has 0 heterocycles. The van der Waals surface area contributed by atoms with Crippen LogP contribution in [0.4, 0.5) is 5.69 Å². The summed E-state index contributed by atoms with van der Waals surface area (Å²) in [4.78, 5) is 10.8. The minimum absolute atomic E-state index is 0.0207. The van der Waals surface area contributed by atoms with Crippen LogP contribution in [-0.4, -0.2) is 32.4 Å². The molecule has 0 saturated carbocycles. The number of aromatic carboxylic acids is 1. The molecule has 96 valence electrons. The van der Waals surface area contributed by atoms with Gasteiger partial charge >= 0.3 is 5.97 Å². The first-order valence-electron chi connectivity index (χ1n) is 4.68. The topological polar surface area (TPSA) is 116 Å². The molecule has 0 unspecified atom stereocenters. The zero-order valence-corrected chi connectivity index (χ0v) is 10.2. The molecule has 2 N–H and O–H groups in total. The molecule has 7 nitrogen and oxygen atoms in total. The van der Waals surface area contributed by atoms with Gasteiger partial charge in [0.25, 0.3) is 0 Å². The highest BCUT2D eigenvalue weighted by Crippen LogP contribution is 2.26. The summed E-state index contributed by atoms with van der Waals surface area (Å²) in [6.07, 6.45) is 0. The van der Waals surface area contributed by atoms with Crippen molar-refractivity contribution in [2.45, 2.75) is 0 Å². The zero-order chi connectivity index (χ0) is 13.8. The van der Waals surface area contributed by atoms with E-state index in [1.807, 2.05) is 0 Å². The number of carbonyl (C=O) groups is 1. The van der Waals surface area contributed by atoms with Crippen LogP contribution in [0.25, 0.3) is 0 Å². The minimum Gasteiger partial charge on any atom is -0.495 e. The van der Waals surface area contributed by atoms with Crippen LogP contribution in [0.1, 0.15) is 10.4 Å². The number of benzene rings is 1. The molecule has 1 aromatic carbocycles. The normalized spacial score (nSPS) is 10.4. The fraction of sp³-hybridized carbons (Fsp3) is 0.200. The van der Waals surface area contributed by atoms with E-state index in [2.05, 4.69) is 4.72 Å². The molecule has 0 aromatic heterocycles. The standard InChI is InChI=1S/C10H10N2O5S/c1-17-9-3-2-7(10(13)14)6-8(9)12-18(15,16)5-4-11/h2-3,6,12H,5H2,1H3,(H,13,14). The number of nitriles is 1. The van der Waals surface area contributed by atoms with Crippen LogP contribution in [0.2, 0.25) is 0 Å². The second-order valence-electron chi connectivity index (χ2n) is 3.24. The highest BCUT2D eigenvalue weighted by molar-refractivity contribution is 7.92. The third kappa shape index (κ3) is 3.36. The Kier molecular flexibility index (Phi) is 4.12. The fourth-order valence-electron chi connectivity index (χ4n) is 1.21. The lowest BCUT2D eigenvalue weighted by Crippen LogP contribution is -2.16. The number of hydrogen-bond donors (Lipinski definition) is 2. The predicted octanol–water partition coefficient (Wildman–Crippen LogP) is 0.659. The summed E-state index contributed by atoms with van der Waals surface area (Å²) in [5, 5.41) is 17.2. The van der Waals surface area contributed by atoms with E-state index >= 15 is 0 Å². The monoisotopic (exact) mass is 270 g/mol. The van der Waals surface area contributed by atoms with Crippen LogP contribution in [0.3, 0.4) is 0 Å². The summed E-state index contributed by atoms with van der Waals surface area (Å²) in [5.74, 6) is -1.76. The van der Waals surface area contributed by atoms with Crippen molar-refractivity contribution in [3.63, 3.8) is 0 Å². The lowest BCUT2D eigenvalue weighted by atomic mass is 10.2. The van der Waals surface area contributed by atoms with E-state index in [0.717, 1.165) is 6.07 Å². The Balaban J connectivity index is 3.18. The summed E-state index contributed by atoms with van der Waals surface area (Å²) >= 11 is 0. The summed E-state index contributed by atoms with van der Waals surface area (Å²) in [6, 6.07) is 5.22. The summed E-state index contributed by atoms with van der Waals surface area (Å²) < 4.78 is 29.8. The molecule has 0 spiro atoms. The summed E-state index contributed by atoms with van der Waals surface area (Å²) in [6.45, 7) is 0. The highest BCUT2D eigenvalue weighted by Gasteiger charge is 2.15. The molecule has 0 saturated heterocycles. The first-order chi connectivity index (χ1) is 8.39. The number of nitrogens with zero attached hydrogens (tertiary/aromatic N) is 1. The van der Waals surface area contributed by atoms with Crippen molar-refractivity contribution < 1.29 is 23.1 Å². The van der Waals surface area contributed by atoms with Gasteiger partial charge in [-0.1, -0.05) is 0 Å². The molecule has 0 atom stereocenters. The average molecular weight is 270 g/mol. The lowest BCUT2D eigenvalue weighted by Gasteiger charge is -2.10. The molecule has 0 fully saturated rings. The van der Waals surface area contributed by atoms with Crippen LogP contribution in [-0.2, 0) is 10.0 Å². The van der Waals surface area contributed by atoms with Crippen molar-refractivity contribution in [2.24, 2.45) is 0 Å². The molecule has 18 heavy (non-hydrogen) atoms. The zero-order valence-electron chi connectivity index (χ0n) is 9.37. The van der Waals surface area contributed by atoms with Gasteiger partial charge in [0.05, 0.1) is 24.4 Å². The maximum atomic E-state index is 11.4. The van der Waals surface area contributed by atoms with Gasteiger partial charge in [-0.2, -0.15) is 5.26 Å². The second kappa shape index (κ2) is 5.37. The van der Waals surface area contributed by atoms with E-state index in [1.54, 1.807) is 0 Å². The Hall–Kier alpha value is -2.27. The molecule has 0 aliphatic rings. The number of ether oxygens (including phenoxy) is 1. The average Bonchev–Trinajstić information content (AvgIpc) is 2.28. The molecule has 0 aliphatic heterocycles. The molecule has 1 rings (SSSR count). The van der Waals surface area contributed by atoms with Gasteiger partial charge in [-0.15, -0.1) is 0 Å². The van der Waals surface area contributed by atoms with Crippen LogP contribution in [0, 0.1) is 11.3 Å². The number of nitrogens with one attached hydrogen (secondary N) is 1. The van der Waals surface area contributed by atoms with Gasteiger partial charge in [-0.25, -0.2) is 13.2 Å². The van der Waals surface area contributed by atoms with Crippen molar-refractivity contribution >= 4 is 21.7 Å². The Morgan fingerprint density at radius 2 is 2.22 bits per heavy atom. The van der Waals surface area contributed by atoms with E-state index in [1.165, 1.54) is 25.3 Å². The van der Waals surface area contributed by atoms with Crippen LogP contribution >= 0.6 is 0 Å². The van der Waals surface area contributed by atoms with Gasteiger partial charge in [0.2, 0.25) is 10.0 Å². The first-order valence-corrected chi connectivity index (χ1v) is 6.33. The van der Waals surface area contributed by atoms with E-state index in [-0.39, 0.29) is 17.0 Å². The van der Waals surface area contributed by atoms with E-state index in [9.17, 15) is 13.2 Å². The van der Waals surface area contributed by atoms with Gasteiger partial charge in [-0.05, 0) is 18.2 Å². The van der Waals surface area contributed by atoms with Crippen molar-refractivity contribution in [1.82, 2.24) is 0 Å². The second-order valence-corrected chi connectivity index (χ2v) is 4.96. The fourth-order valence-corrected chi connectivity index (χ4v) is 1.95. The number of methoxy groups -OCH3 is 1. The molecule has 8 heteroatoms. The predicted molar refractivity (Wildman–Crippen MR) is 63.0 cm³/mol. The molecule has 0 radical (unpaired) electrons. The highest BCUT2D eigenvalue weighted by atomic mass is 32.2. The van der Waals surface area contributed by atoms with E-state index in [0.29, 0.717) is 0 Å². The molecule has 0 amide bonds. The minimum atomic E-state index is -3.84. The summed E-state index contributed by atoms with van der Waals surface area (Å²) in [7, 11) is -2.53. The third-order valence-corrected chi connectivity index (χ3v) is 3.01. The van der Waals surface area contributed by atoms with Crippen molar-refractivity contribution in [2.75, 3.05) is 17.6 Å². The van der Waals surface area contributed by atoms with Crippen LogP contribution in [0.5, 0.6) is 5.75 Å². The van der Waals surface area contributed by atoms with Gasteiger partial charge in [0, 0.05) is 0 Å². The van der Waals surface area contributed by atoms with Crippen LogP contribution in [0.15, 0.2) is 18.2 Å². The van der Waals surface area contributed by atoms with Gasteiger partial charge in [0.15, 0.2) is 5.75 Å². The maximum Gasteiger partial charge on any atom is 0.335 e. The molecule has 0 bridgehead atoms. The molecular weight excluding hydrogens is 260 g/mol. The van der Waals surface area contributed by atoms with Gasteiger partial charge < -0.3 is 9.84 Å². The Morgan fingerprint density at radius 1 is 1.56 bits per heavy atom.